The Bertz CT molecular complexity index is 556. The first-order valence-corrected chi connectivity index (χ1v) is 4.43. The zero-order valence-corrected chi connectivity index (χ0v) is 8.14. The van der Waals surface area contributed by atoms with Gasteiger partial charge in [0.1, 0.15) is 5.39 Å². The van der Waals surface area contributed by atoms with Crippen LogP contribution < -0.4 is 4.73 Å². The van der Waals surface area contributed by atoms with Crippen molar-refractivity contribution in [3.8, 4) is 0 Å². The van der Waals surface area contributed by atoms with Crippen molar-refractivity contribution in [2.75, 3.05) is 0 Å². The Morgan fingerprint density at radius 3 is 2.67 bits per heavy atom. The summed E-state index contributed by atoms with van der Waals surface area (Å²) in [6.45, 7) is 0. The summed E-state index contributed by atoms with van der Waals surface area (Å²) in [4.78, 5) is 10.1. The first kappa shape index (κ1) is 9.67. The number of nitrogens with zero attached hydrogens (tertiary/aromatic N) is 2. The van der Waals surface area contributed by atoms with Gasteiger partial charge in [-0.15, -0.1) is 0 Å². The van der Waals surface area contributed by atoms with Crippen LogP contribution in [0.5, 0.6) is 0 Å². The maximum Gasteiger partial charge on any atom is 0.283 e. The van der Waals surface area contributed by atoms with E-state index in [-0.39, 0.29) is 11.1 Å². The highest BCUT2D eigenvalue weighted by Crippen LogP contribution is 2.29. The molecule has 0 aliphatic heterocycles. The van der Waals surface area contributed by atoms with Crippen molar-refractivity contribution < 1.29 is 9.65 Å². The molecule has 0 N–H and O–H groups in total. The summed E-state index contributed by atoms with van der Waals surface area (Å²) in [6.07, 6.45) is 2.39. The minimum absolute atomic E-state index is 0.125. The van der Waals surface area contributed by atoms with Gasteiger partial charge in [-0.2, -0.15) is 4.73 Å². The minimum Gasteiger partial charge on any atom is -0.619 e. The van der Waals surface area contributed by atoms with E-state index >= 15 is 0 Å². The van der Waals surface area contributed by atoms with E-state index in [0.29, 0.717) is 15.1 Å². The zero-order chi connectivity index (χ0) is 11.0. The summed E-state index contributed by atoms with van der Waals surface area (Å²) in [5, 5.41) is 22.8. The lowest BCUT2D eigenvalue weighted by atomic mass is 10.1. The van der Waals surface area contributed by atoms with E-state index < -0.39 is 4.92 Å². The summed E-state index contributed by atoms with van der Waals surface area (Å²) >= 11 is 5.85. The molecule has 1 aromatic carbocycles. The smallest absolute Gasteiger partial charge is 0.283 e. The van der Waals surface area contributed by atoms with Gasteiger partial charge in [0.05, 0.1) is 4.92 Å². The standard InChI is InChI=1S/C9H5ClN2O3/c10-8-1-2-9(12(14)15)7-5-11(13)4-3-6(7)8/h1-5H. The van der Waals surface area contributed by atoms with Gasteiger partial charge >= 0.3 is 0 Å². The maximum absolute atomic E-state index is 11.0. The third-order valence-electron chi connectivity index (χ3n) is 2.05. The molecule has 2 rings (SSSR count). The summed E-state index contributed by atoms with van der Waals surface area (Å²) in [5.41, 5.74) is -0.125. The van der Waals surface area contributed by atoms with E-state index in [4.69, 9.17) is 11.6 Å². The van der Waals surface area contributed by atoms with Crippen LogP contribution in [-0.4, -0.2) is 4.92 Å². The van der Waals surface area contributed by atoms with Crippen molar-refractivity contribution in [1.29, 1.82) is 0 Å². The van der Waals surface area contributed by atoms with E-state index in [2.05, 4.69) is 0 Å². The van der Waals surface area contributed by atoms with Crippen LogP contribution in [0.4, 0.5) is 5.69 Å². The molecule has 1 heterocycles. The van der Waals surface area contributed by atoms with Crippen molar-refractivity contribution in [1.82, 2.24) is 0 Å². The largest absolute Gasteiger partial charge is 0.619 e. The van der Waals surface area contributed by atoms with Crippen molar-refractivity contribution in [3.05, 3.63) is 50.9 Å². The quantitative estimate of drug-likeness (QED) is 0.322. The summed E-state index contributed by atoms with van der Waals surface area (Å²) < 4.78 is 0.506. The highest BCUT2D eigenvalue weighted by molar-refractivity contribution is 6.35. The van der Waals surface area contributed by atoms with E-state index in [0.717, 1.165) is 6.20 Å². The molecule has 0 atom stereocenters. The van der Waals surface area contributed by atoms with Gasteiger partial charge in [0.15, 0.2) is 12.4 Å². The van der Waals surface area contributed by atoms with E-state index in [1.807, 2.05) is 0 Å². The van der Waals surface area contributed by atoms with Crippen LogP contribution in [0.15, 0.2) is 30.6 Å². The van der Waals surface area contributed by atoms with Crippen molar-refractivity contribution >= 4 is 28.1 Å². The molecule has 0 amide bonds. The average Bonchev–Trinajstić information content (AvgIpc) is 2.17. The number of nitro benzene ring substituents is 1. The number of non-ortho nitro benzene ring substituents is 1. The normalized spacial score (nSPS) is 10.5. The number of aromatic nitrogens is 1. The number of rotatable bonds is 1. The Morgan fingerprint density at radius 1 is 1.27 bits per heavy atom. The Morgan fingerprint density at radius 2 is 2.00 bits per heavy atom. The van der Waals surface area contributed by atoms with Gasteiger partial charge in [-0.05, 0) is 6.07 Å². The summed E-state index contributed by atoms with van der Waals surface area (Å²) in [6, 6.07) is 4.18. The third-order valence-corrected chi connectivity index (χ3v) is 2.38. The van der Waals surface area contributed by atoms with Gasteiger partial charge in [0, 0.05) is 22.5 Å². The molecule has 0 bridgehead atoms. The number of nitro groups is 1. The number of fused-ring (bicyclic) bond motifs is 1. The highest BCUT2D eigenvalue weighted by Gasteiger charge is 2.15. The van der Waals surface area contributed by atoms with Gasteiger partial charge in [0.2, 0.25) is 0 Å². The van der Waals surface area contributed by atoms with Crippen LogP contribution in [0.1, 0.15) is 0 Å². The second-order valence-electron chi connectivity index (χ2n) is 2.96. The Kier molecular flexibility index (Phi) is 2.17. The van der Waals surface area contributed by atoms with Crippen LogP contribution in [0.2, 0.25) is 5.02 Å². The molecule has 0 spiro atoms. The van der Waals surface area contributed by atoms with Crippen LogP contribution in [0.3, 0.4) is 0 Å². The number of hydrogen-bond donors (Lipinski definition) is 0. The van der Waals surface area contributed by atoms with E-state index in [9.17, 15) is 15.3 Å². The molecular formula is C9H5ClN2O3. The lowest BCUT2D eigenvalue weighted by Crippen LogP contribution is -2.23. The molecule has 0 saturated carbocycles. The van der Waals surface area contributed by atoms with Crippen LogP contribution in [0.25, 0.3) is 10.8 Å². The average molecular weight is 225 g/mol. The van der Waals surface area contributed by atoms with Crippen molar-refractivity contribution in [2.24, 2.45) is 0 Å². The van der Waals surface area contributed by atoms with Crippen molar-refractivity contribution in [3.63, 3.8) is 0 Å². The van der Waals surface area contributed by atoms with Crippen molar-refractivity contribution in [2.45, 2.75) is 0 Å². The molecule has 0 aliphatic rings. The second-order valence-corrected chi connectivity index (χ2v) is 3.36. The second kappa shape index (κ2) is 3.36. The maximum atomic E-state index is 11.0. The Labute approximate surface area is 89.2 Å². The molecule has 0 saturated heterocycles. The predicted octanol–water partition coefficient (Wildman–Crippen LogP) is 2.03. The minimum atomic E-state index is -0.543. The number of benzene rings is 1. The molecule has 0 radical (unpaired) electrons. The lowest BCUT2D eigenvalue weighted by molar-refractivity contribution is -0.604. The fraction of sp³-hybridized carbons (Fsp3) is 0. The first-order valence-electron chi connectivity index (χ1n) is 4.05. The molecule has 6 heteroatoms. The monoisotopic (exact) mass is 224 g/mol. The van der Waals surface area contributed by atoms with Gasteiger partial charge < -0.3 is 5.21 Å². The summed E-state index contributed by atoms with van der Waals surface area (Å²) in [7, 11) is 0. The van der Waals surface area contributed by atoms with Gasteiger partial charge in [-0.1, -0.05) is 11.6 Å². The number of pyridine rings is 1. The number of hydrogen-bond acceptors (Lipinski definition) is 3. The van der Waals surface area contributed by atoms with Gasteiger partial charge in [-0.25, -0.2) is 0 Å². The van der Waals surface area contributed by atoms with E-state index in [1.165, 1.54) is 24.4 Å². The summed E-state index contributed by atoms with van der Waals surface area (Å²) in [5.74, 6) is 0. The Balaban J connectivity index is 2.90. The SMILES string of the molecule is O=[N+]([O-])c1ccc(Cl)c2cc[n+]([O-])cc12. The number of halogens is 1. The fourth-order valence-corrected chi connectivity index (χ4v) is 1.61. The highest BCUT2D eigenvalue weighted by atomic mass is 35.5. The molecule has 15 heavy (non-hydrogen) atoms. The molecule has 76 valence electrons. The predicted molar refractivity (Wildman–Crippen MR) is 54.6 cm³/mol. The van der Waals surface area contributed by atoms with Crippen LogP contribution in [0, 0.1) is 15.3 Å². The molecular weight excluding hydrogens is 220 g/mol. The van der Waals surface area contributed by atoms with Crippen LogP contribution in [-0.2, 0) is 0 Å². The molecule has 1 aromatic heterocycles. The molecule has 0 aliphatic carbocycles. The molecule has 5 nitrogen and oxygen atoms in total. The molecule has 2 aromatic rings. The Hall–Kier alpha value is -1.88. The molecule has 0 unspecified atom stereocenters. The topological polar surface area (TPSA) is 70.1 Å². The van der Waals surface area contributed by atoms with Gasteiger partial charge in [-0.3, -0.25) is 10.1 Å². The van der Waals surface area contributed by atoms with Gasteiger partial charge in [0.25, 0.3) is 5.69 Å². The first-order chi connectivity index (χ1) is 7.09. The fourth-order valence-electron chi connectivity index (χ4n) is 1.38. The lowest BCUT2D eigenvalue weighted by Gasteiger charge is -2.01. The van der Waals surface area contributed by atoms with E-state index in [1.54, 1.807) is 0 Å². The molecule has 0 fully saturated rings. The van der Waals surface area contributed by atoms with Crippen LogP contribution >= 0.6 is 11.6 Å². The third kappa shape index (κ3) is 1.57. The zero-order valence-electron chi connectivity index (χ0n) is 7.38.